The van der Waals surface area contributed by atoms with Crippen LogP contribution < -0.4 is 11.3 Å². The molecule has 3 N–H and O–H groups in total. The molecule has 0 saturated heterocycles. The van der Waals surface area contributed by atoms with Crippen LogP contribution in [0.1, 0.15) is 13.8 Å². The number of hydrogen-bond donors (Lipinski definition) is 2. The lowest BCUT2D eigenvalue weighted by Gasteiger charge is -2.23. The molecule has 0 saturated carbocycles. The summed E-state index contributed by atoms with van der Waals surface area (Å²) in [5.74, 6) is 5.56. The average molecular weight is 272 g/mol. The highest BCUT2D eigenvalue weighted by atomic mass is 127. The average Bonchev–Trinajstić information content (AvgIpc) is 1.87. The molecule has 0 aromatic carbocycles. The molecule has 1 atom stereocenters. The maximum absolute atomic E-state index is 5.56. The highest BCUT2D eigenvalue weighted by molar-refractivity contribution is 14.1. The monoisotopic (exact) mass is 272 g/mol. The zero-order valence-corrected chi connectivity index (χ0v) is 9.50. The van der Waals surface area contributed by atoms with Gasteiger partial charge in [0.1, 0.15) is 0 Å². The summed E-state index contributed by atoms with van der Waals surface area (Å²) in [7, 11) is 1.88. The van der Waals surface area contributed by atoms with Gasteiger partial charge in [0.2, 0.25) is 0 Å². The molecule has 0 heterocycles. The first kappa shape index (κ1) is 11.6. The molecular weight excluding hydrogens is 255 g/mol. The van der Waals surface area contributed by atoms with E-state index < -0.39 is 0 Å². The Kier molecular flexibility index (Phi) is 6.44. The quantitative estimate of drug-likeness (QED) is 0.328. The fraction of sp³-hybridized carbons (Fsp3) is 1.00. The van der Waals surface area contributed by atoms with Crippen molar-refractivity contribution < 1.29 is 0 Å². The van der Waals surface area contributed by atoms with Crippen LogP contribution in [-0.2, 0) is 0 Å². The third-order valence-corrected chi connectivity index (χ3v) is 2.18. The van der Waals surface area contributed by atoms with Crippen molar-refractivity contribution in [2.24, 2.45) is 5.84 Å². The van der Waals surface area contributed by atoms with Gasteiger partial charge >= 0.3 is 0 Å². The van der Waals surface area contributed by atoms with E-state index in [1.807, 2.05) is 10.3 Å². The smallest absolute Gasteiger partial charge is 0.0403 e. The minimum atomic E-state index is 0.367. The molecule has 4 nitrogen and oxygen atoms in total. The second-order valence-electron chi connectivity index (χ2n) is 2.57. The Balaban J connectivity index is 3.48. The van der Waals surface area contributed by atoms with Crippen LogP contribution in [0.3, 0.4) is 0 Å². The fourth-order valence-corrected chi connectivity index (χ4v) is 1.51. The second-order valence-corrected chi connectivity index (χ2v) is 3.74. The van der Waals surface area contributed by atoms with Crippen LogP contribution in [0.4, 0.5) is 0 Å². The molecule has 0 rings (SSSR count). The van der Waals surface area contributed by atoms with Crippen LogP contribution >= 0.6 is 22.9 Å². The minimum Gasteiger partial charge on any atom is -0.269 e. The van der Waals surface area contributed by atoms with Crippen molar-refractivity contribution >= 4 is 22.9 Å². The van der Waals surface area contributed by atoms with E-state index in [-0.39, 0.29) is 0 Å². The van der Waals surface area contributed by atoms with Crippen molar-refractivity contribution in [3.63, 3.8) is 0 Å². The number of nitrogens with zero attached hydrogens (tertiary/aromatic N) is 2. The first-order chi connectivity index (χ1) is 5.07. The van der Waals surface area contributed by atoms with Gasteiger partial charge in [0, 0.05) is 49.0 Å². The lowest BCUT2D eigenvalue weighted by atomic mass is 10.3. The Labute approximate surface area is 82.5 Å². The summed E-state index contributed by atoms with van der Waals surface area (Å²) in [5, 5.41) is 1.71. The van der Waals surface area contributed by atoms with Crippen molar-refractivity contribution in [1.82, 2.24) is 13.7 Å². The van der Waals surface area contributed by atoms with Gasteiger partial charge in [-0.05, 0) is 6.92 Å². The molecule has 0 fully saturated rings. The summed E-state index contributed by atoms with van der Waals surface area (Å²) in [6.07, 6.45) is 0. The number of halogens is 1. The maximum Gasteiger partial charge on any atom is 0.0403 e. The van der Waals surface area contributed by atoms with E-state index in [9.17, 15) is 0 Å². The number of hydrogen-bond acceptors (Lipinski definition) is 4. The molecule has 0 radical (unpaired) electrons. The SMILES string of the molecule is CCNN(I)C[C@H](C)N(C)N. The Morgan fingerprint density at radius 1 is 1.64 bits per heavy atom. The first-order valence-corrected chi connectivity index (χ1v) is 4.68. The summed E-state index contributed by atoms with van der Waals surface area (Å²) >= 11 is 2.23. The Morgan fingerprint density at radius 3 is 2.55 bits per heavy atom. The Hall–Kier alpha value is 0.570. The van der Waals surface area contributed by atoms with Crippen molar-refractivity contribution in [3.8, 4) is 0 Å². The third kappa shape index (κ3) is 5.80. The van der Waals surface area contributed by atoms with Gasteiger partial charge in [-0.15, -0.1) is 0 Å². The minimum absolute atomic E-state index is 0.367. The van der Waals surface area contributed by atoms with Crippen molar-refractivity contribution in [2.45, 2.75) is 19.9 Å². The first-order valence-electron chi connectivity index (χ1n) is 3.72. The summed E-state index contributed by atoms with van der Waals surface area (Å²) < 4.78 is 2.02. The zero-order chi connectivity index (χ0) is 8.85. The number of nitrogens with two attached hydrogens (primary N) is 1. The van der Waals surface area contributed by atoms with E-state index in [0.29, 0.717) is 6.04 Å². The van der Waals surface area contributed by atoms with E-state index in [1.165, 1.54) is 0 Å². The van der Waals surface area contributed by atoms with Gasteiger partial charge in [0.25, 0.3) is 0 Å². The highest BCUT2D eigenvalue weighted by Crippen LogP contribution is 1.98. The molecule has 11 heavy (non-hydrogen) atoms. The van der Waals surface area contributed by atoms with E-state index in [2.05, 4.69) is 42.1 Å². The number of rotatable bonds is 5. The third-order valence-electron chi connectivity index (χ3n) is 1.45. The summed E-state index contributed by atoms with van der Waals surface area (Å²) in [6.45, 7) is 6.02. The van der Waals surface area contributed by atoms with Crippen molar-refractivity contribution in [2.75, 3.05) is 20.1 Å². The molecule has 0 aliphatic carbocycles. The lowest BCUT2D eigenvalue weighted by molar-refractivity contribution is 0.219. The molecule has 0 bridgehead atoms. The second kappa shape index (κ2) is 6.13. The van der Waals surface area contributed by atoms with Gasteiger partial charge < -0.3 is 0 Å². The molecule has 5 heteroatoms. The van der Waals surface area contributed by atoms with Gasteiger partial charge in [-0.2, -0.15) is 3.22 Å². The largest absolute Gasteiger partial charge is 0.269 e. The predicted molar refractivity (Wildman–Crippen MR) is 55.8 cm³/mol. The van der Waals surface area contributed by atoms with Gasteiger partial charge in [-0.1, -0.05) is 6.92 Å². The lowest BCUT2D eigenvalue weighted by Crippen LogP contribution is -2.44. The van der Waals surface area contributed by atoms with E-state index >= 15 is 0 Å². The summed E-state index contributed by atoms with van der Waals surface area (Å²) in [4.78, 5) is 0. The molecule has 0 spiro atoms. The summed E-state index contributed by atoms with van der Waals surface area (Å²) in [5.41, 5.74) is 3.17. The van der Waals surface area contributed by atoms with E-state index in [1.54, 1.807) is 5.01 Å². The molecule has 0 aromatic heterocycles. The van der Waals surface area contributed by atoms with E-state index in [0.717, 1.165) is 13.1 Å². The van der Waals surface area contributed by atoms with Gasteiger partial charge in [0.15, 0.2) is 0 Å². The van der Waals surface area contributed by atoms with Crippen LogP contribution in [-0.4, -0.2) is 34.4 Å². The molecule has 0 unspecified atom stereocenters. The molecule has 0 aliphatic heterocycles. The standard InChI is InChI=1S/C6H17IN4/c1-4-9-11(7)5-6(2)10(3)8/h6,9H,4-5,8H2,1-3H3/t6-/m0/s1. The van der Waals surface area contributed by atoms with Crippen LogP contribution in [0.2, 0.25) is 0 Å². The highest BCUT2D eigenvalue weighted by Gasteiger charge is 2.08. The fourth-order valence-electron chi connectivity index (χ4n) is 0.597. The van der Waals surface area contributed by atoms with Crippen LogP contribution in [0, 0.1) is 0 Å². The number of nitrogens with one attached hydrogen (secondary N) is 1. The van der Waals surface area contributed by atoms with Crippen LogP contribution in [0.25, 0.3) is 0 Å². The van der Waals surface area contributed by atoms with Crippen molar-refractivity contribution in [1.29, 1.82) is 0 Å². The maximum atomic E-state index is 5.56. The van der Waals surface area contributed by atoms with Crippen LogP contribution in [0.5, 0.6) is 0 Å². The summed E-state index contributed by atoms with van der Waals surface area (Å²) in [6, 6.07) is 0.367. The van der Waals surface area contributed by atoms with Gasteiger partial charge in [-0.3, -0.25) is 5.84 Å². The van der Waals surface area contributed by atoms with Gasteiger partial charge in [-0.25, -0.2) is 10.4 Å². The molecule has 0 aromatic rings. The zero-order valence-electron chi connectivity index (χ0n) is 7.34. The number of hydrazine groups is 2. The molecule has 68 valence electrons. The molecular formula is C6H17IN4. The van der Waals surface area contributed by atoms with Crippen LogP contribution in [0.15, 0.2) is 0 Å². The van der Waals surface area contributed by atoms with E-state index in [4.69, 9.17) is 5.84 Å². The number of likely N-dealkylation sites (N-methyl/N-ethyl adjacent to an activating group) is 1. The van der Waals surface area contributed by atoms with Gasteiger partial charge in [0.05, 0.1) is 0 Å². The normalized spacial score (nSPS) is 14.5. The van der Waals surface area contributed by atoms with Crippen molar-refractivity contribution in [3.05, 3.63) is 0 Å². The molecule has 0 amide bonds. The molecule has 0 aliphatic rings. The predicted octanol–water partition coefficient (Wildman–Crippen LogP) is 0.357. The Morgan fingerprint density at radius 2 is 2.18 bits per heavy atom. The Bertz CT molecular complexity index is 98.6. The topological polar surface area (TPSA) is 44.5 Å².